The maximum Gasteiger partial charge on any atom is 0.230 e. The van der Waals surface area contributed by atoms with E-state index in [1.54, 1.807) is 0 Å². The molecule has 0 fully saturated rings. The molecule has 2 heterocycles. The Morgan fingerprint density at radius 1 is 1.14 bits per heavy atom. The number of aromatic nitrogens is 3. The molecule has 0 saturated carbocycles. The minimum atomic E-state index is -0.0422. The van der Waals surface area contributed by atoms with Crippen LogP contribution in [0.3, 0.4) is 0 Å². The second-order valence-corrected chi connectivity index (χ2v) is 7.63. The number of benzene rings is 2. The van der Waals surface area contributed by atoms with Crippen molar-refractivity contribution in [3.05, 3.63) is 66.2 Å². The van der Waals surface area contributed by atoms with Crippen LogP contribution >= 0.6 is 11.8 Å². The van der Waals surface area contributed by atoms with Gasteiger partial charge < -0.3 is 9.73 Å². The van der Waals surface area contributed by atoms with Gasteiger partial charge in [-0.1, -0.05) is 60.3 Å². The Hall–Kier alpha value is -3.06. The first-order valence-corrected chi connectivity index (χ1v) is 10.5. The molecule has 4 aromatic rings. The first-order chi connectivity index (χ1) is 14.2. The third-order valence-corrected chi connectivity index (χ3v) is 5.66. The van der Waals surface area contributed by atoms with Crippen molar-refractivity contribution in [3.63, 3.8) is 0 Å². The van der Waals surface area contributed by atoms with Crippen LogP contribution in [0, 0.1) is 0 Å². The lowest BCUT2D eigenvalue weighted by atomic mass is 10.1. The molecule has 0 spiro atoms. The van der Waals surface area contributed by atoms with E-state index in [0.29, 0.717) is 23.3 Å². The highest BCUT2D eigenvalue weighted by molar-refractivity contribution is 7.99. The fourth-order valence-corrected chi connectivity index (χ4v) is 4.01. The molecule has 0 saturated heterocycles. The number of rotatable bonds is 7. The van der Waals surface area contributed by atoms with Gasteiger partial charge in [-0.15, -0.1) is 10.2 Å². The van der Waals surface area contributed by atoms with Gasteiger partial charge in [0.15, 0.2) is 10.9 Å². The van der Waals surface area contributed by atoms with Gasteiger partial charge in [0.1, 0.15) is 5.58 Å². The zero-order valence-corrected chi connectivity index (χ0v) is 17.1. The summed E-state index contributed by atoms with van der Waals surface area (Å²) in [5, 5.41) is 13.3. The molecule has 0 aliphatic rings. The predicted octanol–water partition coefficient (Wildman–Crippen LogP) is 4.68. The van der Waals surface area contributed by atoms with Gasteiger partial charge >= 0.3 is 0 Å². The summed E-state index contributed by atoms with van der Waals surface area (Å²) in [7, 11) is 0. The smallest absolute Gasteiger partial charge is 0.230 e. The Balaban J connectivity index is 1.45. The lowest BCUT2D eigenvalue weighted by molar-refractivity contribution is -0.119. The van der Waals surface area contributed by atoms with Gasteiger partial charge in [0.2, 0.25) is 11.7 Å². The van der Waals surface area contributed by atoms with Gasteiger partial charge in [-0.05, 0) is 31.5 Å². The van der Waals surface area contributed by atoms with Gasteiger partial charge in [-0.2, -0.15) is 0 Å². The number of carbonyl (C=O) groups is 1. The van der Waals surface area contributed by atoms with Crippen molar-refractivity contribution in [3.8, 4) is 11.6 Å². The van der Waals surface area contributed by atoms with Crippen molar-refractivity contribution in [1.82, 2.24) is 20.1 Å². The number of para-hydroxylation sites is 1. The Labute approximate surface area is 173 Å². The number of nitrogens with one attached hydrogen (secondary N) is 1. The number of thioether (sulfide) groups is 1. The molecule has 148 valence electrons. The van der Waals surface area contributed by atoms with Crippen LogP contribution in [0.2, 0.25) is 0 Å². The van der Waals surface area contributed by atoms with Gasteiger partial charge in [0.05, 0.1) is 11.8 Å². The third-order valence-electron chi connectivity index (χ3n) is 4.69. The molecule has 29 heavy (non-hydrogen) atoms. The molecule has 0 bridgehead atoms. The van der Waals surface area contributed by atoms with E-state index in [1.165, 1.54) is 11.8 Å². The van der Waals surface area contributed by atoms with E-state index in [1.807, 2.05) is 79.1 Å². The lowest BCUT2D eigenvalue weighted by Gasteiger charge is -2.14. The molecule has 4 rings (SSSR count). The molecule has 0 unspecified atom stereocenters. The molecule has 2 aromatic heterocycles. The van der Waals surface area contributed by atoms with Crippen LogP contribution in [0.15, 0.2) is 70.2 Å². The highest BCUT2D eigenvalue weighted by Gasteiger charge is 2.18. The molecular weight excluding hydrogens is 384 g/mol. The lowest BCUT2D eigenvalue weighted by Crippen LogP contribution is -2.28. The van der Waals surface area contributed by atoms with Crippen molar-refractivity contribution in [2.75, 3.05) is 5.75 Å². The van der Waals surface area contributed by atoms with Crippen molar-refractivity contribution < 1.29 is 9.21 Å². The molecule has 0 aliphatic heterocycles. The predicted molar refractivity (Wildman–Crippen MR) is 115 cm³/mol. The Kier molecular flexibility index (Phi) is 5.67. The van der Waals surface area contributed by atoms with Crippen LogP contribution in [0.1, 0.15) is 25.5 Å². The van der Waals surface area contributed by atoms with Crippen molar-refractivity contribution >= 4 is 28.6 Å². The van der Waals surface area contributed by atoms with E-state index in [9.17, 15) is 4.79 Å². The normalized spacial score (nSPS) is 12.2. The van der Waals surface area contributed by atoms with Crippen LogP contribution in [0.25, 0.3) is 22.6 Å². The molecule has 1 N–H and O–H groups in total. The molecular formula is C22H22N4O2S. The number of carbonyl (C=O) groups excluding carboxylic acids is 1. The second kappa shape index (κ2) is 8.53. The molecule has 2 aromatic carbocycles. The number of nitrogens with zero attached hydrogens (tertiary/aromatic N) is 3. The van der Waals surface area contributed by atoms with Crippen LogP contribution in [0.5, 0.6) is 0 Å². The summed E-state index contributed by atoms with van der Waals surface area (Å²) < 4.78 is 7.89. The SMILES string of the molecule is CCn1c(SCC(=O)N[C@H](C)c2ccccc2)nnc1-c1cc2ccccc2o1. The molecule has 7 heteroatoms. The molecule has 1 amide bonds. The van der Waals surface area contributed by atoms with Gasteiger partial charge in [0, 0.05) is 11.9 Å². The molecule has 0 radical (unpaired) electrons. The highest BCUT2D eigenvalue weighted by atomic mass is 32.2. The summed E-state index contributed by atoms with van der Waals surface area (Å²) in [6.07, 6.45) is 0. The molecule has 0 aliphatic carbocycles. The maximum atomic E-state index is 12.4. The van der Waals surface area contributed by atoms with Crippen molar-refractivity contribution in [1.29, 1.82) is 0 Å². The van der Waals surface area contributed by atoms with Crippen molar-refractivity contribution in [2.24, 2.45) is 0 Å². The highest BCUT2D eigenvalue weighted by Crippen LogP contribution is 2.29. The summed E-state index contributed by atoms with van der Waals surface area (Å²) >= 11 is 1.37. The fraction of sp³-hybridized carbons (Fsp3) is 0.227. The van der Waals surface area contributed by atoms with E-state index < -0.39 is 0 Å². The monoisotopic (exact) mass is 406 g/mol. The quantitative estimate of drug-likeness (QED) is 0.451. The number of furan rings is 1. The second-order valence-electron chi connectivity index (χ2n) is 6.69. The third kappa shape index (κ3) is 4.19. The standard InChI is InChI=1S/C22H22N4O2S/c1-3-26-21(19-13-17-11-7-8-12-18(17)28-19)24-25-22(26)29-14-20(27)23-15(2)16-9-5-4-6-10-16/h4-13,15H,3,14H2,1-2H3,(H,23,27)/t15-/m1/s1. The first kappa shape index (κ1) is 19.3. The summed E-state index contributed by atoms with van der Waals surface area (Å²) in [5.74, 6) is 1.58. The van der Waals surface area contributed by atoms with Gasteiger partial charge in [-0.25, -0.2) is 0 Å². The summed E-state index contributed by atoms with van der Waals surface area (Å²) in [5.41, 5.74) is 1.89. The van der Waals surface area contributed by atoms with Gasteiger partial charge in [-0.3, -0.25) is 9.36 Å². The summed E-state index contributed by atoms with van der Waals surface area (Å²) in [6.45, 7) is 4.69. The van der Waals surface area contributed by atoms with E-state index in [-0.39, 0.29) is 17.7 Å². The number of hydrogen-bond donors (Lipinski definition) is 1. The van der Waals surface area contributed by atoms with E-state index in [2.05, 4.69) is 15.5 Å². The topological polar surface area (TPSA) is 73.0 Å². The van der Waals surface area contributed by atoms with Crippen molar-refractivity contribution in [2.45, 2.75) is 31.6 Å². The van der Waals surface area contributed by atoms with E-state index in [0.717, 1.165) is 16.5 Å². The number of hydrogen-bond acceptors (Lipinski definition) is 5. The maximum absolute atomic E-state index is 12.4. The summed E-state index contributed by atoms with van der Waals surface area (Å²) in [4.78, 5) is 12.4. The molecule has 1 atom stereocenters. The Bertz CT molecular complexity index is 1090. The van der Waals surface area contributed by atoms with Gasteiger partial charge in [0.25, 0.3) is 0 Å². The van der Waals surface area contributed by atoms with Crippen LogP contribution in [-0.4, -0.2) is 26.4 Å². The average molecular weight is 407 g/mol. The van der Waals surface area contributed by atoms with Crippen LogP contribution in [-0.2, 0) is 11.3 Å². The Morgan fingerprint density at radius 2 is 1.90 bits per heavy atom. The zero-order valence-electron chi connectivity index (χ0n) is 16.3. The Morgan fingerprint density at radius 3 is 2.66 bits per heavy atom. The van der Waals surface area contributed by atoms with E-state index >= 15 is 0 Å². The minimum Gasteiger partial charge on any atom is -0.453 e. The summed E-state index contributed by atoms with van der Waals surface area (Å²) in [6, 6.07) is 19.7. The van der Waals surface area contributed by atoms with Crippen LogP contribution < -0.4 is 5.32 Å². The average Bonchev–Trinajstić information content (AvgIpc) is 3.36. The number of amides is 1. The zero-order chi connectivity index (χ0) is 20.2. The first-order valence-electron chi connectivity index (χ1n) is 9.55. The largest absolute Gasteiger partial charge is 0.453 e. The van der Waals surface area contributed by atoms with Crippen LogP contribution in [0.4, 0.5) is 0 Å². The fourth-order valence-electron chi connectivity index (χ4n) is 3.19. The van der Waals surface area contributed by atoms with E-state index in [4.69, 9.17) is 4.42 Å². The number of fused-ring (bicyclic) bond motifs is 1. The minimum absolute atomic E-state index is 0.0395. The molecule has 6 nitrogen and oxygen atoms in total.